The summed E-state index contributed by atoms with van der Waals surface area (Å²) < 4.78 is 0. The van der Waals surface area contributed by atoms with Crippen LogP contribution in [-0.2, 0) is 0 Å². The molecular weight excluding hydrogens is 249 g/mol. The van der Waals surface area contributed by atoms with Gasteiger partial charge >= 0.3 is 0 Å². The van der Waals surface area contributed by atoms with E-state index >= 15 is 0 Å². The first kappa shape index (κ1) is 10.5. The zero-order chi connectivity index (χ0) is 7.23. The molecule has 0 radical (unpaired) electrons. The molecule has 0 aliphatic heterocycles. The molecule has 1 rings (SSSR count). The predicted octanol–water partition coefficient (Wildman–Crippen LogP) is 2.90. The first-order valence-corrected chi connectivity index (χ1v) is 3.33. The summed E-state index contributed by atoms with van der Waals surface area (Å²) in [7, 11) is 0. The van der Waals surface area contributed by atoms with Gasteiger partial charge in [0.05, 0.1) is 0 Å². The Bertz CT molecular complexity index is 196. The summed E-state index contributed by atoms with van der Waals surface area (Å²) in [6.45, 7) is 4.44. The third-order valence-electron chi connectivity index (χ3n) is 1.22. The molecule has 2 heteroatoms. The van der Waals surface area contributed by atoms with Crippen molar-refractivity contribution < 1.29 is 0 Å². The standard InChI is InChI=1S/C9H11N.HI/c1-2-8-10-9-6-4-3-5-7-9;/h2-7,10H,1,8H2;1H. The Morgan fingerprint density at radius 1 is 1.27 bits per heavy atom. The van der Waals surface area contributed by atoms with E-state index in [1.165, 1.54) is 0 Å². The first-order valence-electron chi connectivity index (χ1n) is 3.33. The van der Waals surface area contributed by atoms with Gasteiger partial charge in [-0.1, -0.05) is 24.3 Å². The second-order valence-electron chi connectivity index (χ2n) is 2.04. The van der Waals surface area contributed by atoms with Crippen molar-refractivity contribution in [3.05, 3.63) is 43.0 Å². The Balaban J connectivity index is 0.000001000. The van der Waals surface area contributed by atoms with E-state index in [9.17, 15) is 0 Å². The SMILES string of the molecule is C=CCNc1ccccc1.I. The van der Waals surface area contributed by atoms with E-state index in [4.69, 9.17) is 0 Å². The molecule has 0 atom stereocenters. The third kappa shape index (κ3) is 4.03. The minimum atomic E-state index is 0. The van der Waals surface area contributed by atoms with Crippen molar-refractivity contribution in [3.8, 4) is 0 Å². The van der Waals surface area contributed by atoms with Crippen LogP contribution >= 0.6 is 24.0 Å². The second-order valence-corrected chi connectivity index (χ2v) is 2.04. The largest absolute Gasteiger partial charge is 0.382 e. The van der Waals surface area contributed by atoms with Gasteiger partial charge in [0.1, 0.15) is 0 Å². The van der Waals surface area contributed by atoms with E-state index in [0.29, 0.717) is 0 Å². The van der Waals surface area contributed by atoms with Crippen LogP contribution in [-0.4, -0.2) is 6.54 Å². The minimum Gasteiger partial charge on any atom is -0.382 e. The zero-order valence-corrected chi connectivity index (χ0v) is 8.62. The van der Waals surface area contributed by atoms with Gasteiger partial charge in [-0.2, -0.15) is 0 Å². The molecule has 0 heterocycles. The van der Waals surface area contributed by atoms with E-state index < -0.39 is 0 Å². The van der Waals surface area contributed by atoms with Crippen LogP contribution in [0.5, 0.6) is 0 Å². The summed E-state index contributed by atoms with van der Waals surface area (Å²) in [6.07, 6.45) is 1.84. The van der Waals surface area contributed by atoms with Gasteiger partial charge in [0.2, 0.25) is 0 Å². The Labute approximate surface area is 84.5 Å². The summed E-state index contributed by atoms with van der Waals surface area (Å²) in [4.78, 5) is 0. The number of hydrogen-bond donors (Lipinski definition) is 1. The number of para-hydroxylation sites is 1. The molecule has 1 N–H and O–H groups in total. The van der Waals surface area contributed by atoms with Crippen molar-refractivity contribution in [2.24, 2.45) is 0 Å². The lowest BCUT2D eigenvalue weighted by molar-refractivity contribution is 1.34. The van der Waals surface area contributed by atoms with Crippen LogP contribution in [0.3, 0.4) is 0 Å². The van der Waals surface area contributed by atoms with Crippen molar-refractivity contribution in [1.82, 2.24) is 0 Å². The average molecular weight is 261 g/mol. The normalized spacial score (nSPS) is 8.00. The van der Waals surface area contributed by atoms with Crippen molar-refractivity contribution in [2.45, 2.75) is 0 Å². The molecule has 0 bridgehead atoms. The van der Waals surface area contributed by atoms with Gasteiger partial charge in [-0.25, -0.2) is 0 Å². The minimum absolute atomic E-state index is 0. The first-order chi connectivity index (χ1) is 4.93. The van der Waals surface area contributed by atoms with Gasteiger partial charge in [-0.3, -0.25) is 0 Å². The number of anilines is 1. The smallest absolute Gasteiger partial charge is 0.0342 e. The highest BCUT2D eigenvalue weighted by Gasteiger charge is 1.82. The number of halogens is 1. The highest BCUT2D eigenvalue weighted by molar-refractivity contribution is 14.0. The number of benzene rings is 1. The van der Waals surface area contributed by atoms with Crippen LogP contribution in [0.15, 0.2) is 43.0 Å². The molecule has 0 aliphatic carbocycles. The number of hydrogen-bond acceptors (Lipinski definition) is 1. The molecule has 60 valence electrons. The molecule has 0 fully saturated rings. The summed E-state index contributed by atoms with van der Waals surface area (Å²) in [6, 6.07) is 10.1. The van der Waals surface area contributed by atoms with Crippen LogP contribution in [0, 0.1) is 0 Å². The maximum atomic E-state index is 3.61. The van der Waals surface area contributed by atoms with Gasteiger partial charge in [-0.05, 0) is 12.1 Å². The van der Waals surface area contributed by atoms with Crippen LogP contribution in [0.4, 0.5) is 5.69 Å². The van der Waals surface area contributed by atoms with Gasteiger partial charge in [0.15, 0.2) is 0 Å². The van der Waals surface area contributed by atoms with Gasteiger partial charge in [-0.15, -0.1) is 30.6 Å². The fourth-order valence-electron chi connectivity index (χ4n) is 0.746. The molecule has 0 amide bonds. The Hall–Kier alpha value is -0.510. The Morgan fingerprint density at radius 3 is 2.45 bits per heavy atom. The molecule has 0 aliphatic rings. The molecule has 11 heavy (non-hydrogen) atoms. The van der Waals surface area contributed by atoms with Crippen molar-refractivity contribution in [1.29, 1.82) is 0 Å². The lowest BCUT2D eigenvalue weighted by atomic mass is 10.3. The van der Waals surface area contributed by atoms with Crippen molar-refractivity contribution in [2.75, 3.05) is 11.9 Å². The molecule has 0 unspecified atom stereocenters. The Kier molecular flexibility index (Phi) is 5.93. The number of rotatable bonds is 3. The fourth-order valence-corrected chi connectivity index (χ4v) is 0.746. The monoisotopic (exact) mass is 261 g/mol. The van der Waals surface area contributed by atoms with Crippen molar-refractivity contribution in [3.63, 3.8) is 0 Å². The molecule has 1 aromatic carbocycles. The van der Waals surface area contributed by atoms with Crippen LogP contribution in [0.2, 0.25) is 0 Å². The van der Waals surface area contributed by atoms with E-state index in [0.717, 1.165) is 12.2 Å². The summed E-state index contributed by atoms with van der Waals surface area (Å²) >= 11 is 0. The molecule has 0 saturated carbocycles. The average Bonchev–Trinajstić information content (AvgIpc) is 2.03. The topological polar surface area (TPSA) is 12.0 Å². The van der Waals surface area contributed by atoms with Gasteiger partial charge in [0, 0.05) is 12.2 Å². The predicted molar refractivity (Wildman–Crippen MR) is 60.5 cm³/mol. The van der Waals surface area contributed by atoms with Crippen LogP contribution < -0.4 is 5.32 Å². The molecule has 0 saturated heterocycles. The van der Waals surface area contributed by atoms with E-state index in [2.05, 4.69) is 11.9 Å². The van der Waals surface area contributed by atoms with Gasteiger partial charge in [0.25, 0.3) is 0 Å². The summed E-state index contributed by atoms with van der Waals surface area (Å²) in [5, 5.41) is 3.18. The van der Waals surface area contributed by atoms with Crippen LogP contribution in [0.25, 0.3) is 0 Å². The van der Waals surface area contributed by atoms with E-state index in [1.807, 2.05) is 36.4 Å². The van der Waals surface area contributed by atoms with E-state index in [1.54, 1.807) is 0 Å². The zero-order valence-electron chi connectivity index (χ0n) is 6.29. The highest BCUT2D eigenvalue weighted by Crippen LogP contribution is 2.03. The Morgan fingerprint density at radius 2 is 1.91 bits per heavy atom. The third-order valence-corrected chi connectivity index (χ3v) is 1.22. The van der Waals surface area contributed by atoms with Gasteiger partial charge < -0.3 is 5.32 Å². The second kappa shape index (κ2) is 6.22. The molecule has 1 aromatic rings. The highest BCUT2D eigenvalue weighted by atomic mass is 127. The van der Waals surface area contributed by atoms with E-state index in [-0.39, 0.29) is 24.0 Å². The maximum Gasteiger partial charge on any atom is 0.0342 e. The fraction of sp³-hybridized carbons (Fsp3) is 0.111. The maximum absolute atomic E-state index is 3.61. The quantitative estimate of drug-likeness (QED) is 0.651. The molecular formula is C9H12IN. The lowest BCUT2D eigenvalue weighted by Gasteiger charge is -2.00. The molecule has 1 nitrogen and oxygen atoms in total. The molecule has 0 spiro atoms. The van der Waals surface area contributed by atoms with Crippen molar-refractivity contribution >= 4 is 29.7 Å². The summed E-state index contributed by atoms with van der Waals surface area (Å²) in [5.74, 6) is 0. The van der Waals surface area contributed by atoms with Crippen LogP contribution in [0.1, 0.15) is 0 Å². The lowest BCUT2D eigenvalue weighted by Crippen LogP contribution is -1.96. The summed E-state index contributed by atoms with van der Waals surface area (Å²) in [5.41, 5.74) is 1.14. The molecule has 0 aromatic heterocycles. The number of nitrogens with one attached hydrogen (secondary N) is 1.